The van der Waals surface area contributed by atoms with E-state index in [1.807, 2.05) is 66.7 Å². The van der Waals surface area contributed by atoms with E-state index in [0.717, 1.165) is 12.0 Å². The first-order valence-corrected chi connectivity index (χ1v) is 16.3. The second-order valence-electron chi connectivity index (χ2n) is 14.8. The summed E-state index contributed by atoms with van der Waals surface area (Å²) in [5, 5.41) is 31.2. The Balaban J connectivity index is 1.59. The number of carboxylic acid groups (broad SMARTS) is 1. The number of ketones is 2. The van der Waals surface area contributed by atoms with Gasteiger partial charge in [-0.05, 0) is 86.3 Å². The molecule has 3 aliphatic carbocycles. The van der Waals surface area contributed by atoms with Crippen molar-refractivity contribution >= 4 is 23.6 Å². The minimum absolute atomic E-state index is 0.0173. The van der Waals surface area contributed by atoms with Gasteiger partial charge in [0.2, 0.25) is 0 Å². The molecule has 7 rings (SSSR count). The zero-order chi connectivity index (χ0) is 34.3. The molecule has 1 aromatic carbocycles. The van der Waals surface area contributed by atoms with Gasteiger partial charge >= 0.3 is 5.97 Å². The monoisotopic (exact) mass is 644 g/mol. The third-order valence-corrected chi connectivity index (χ3v) is 10.5. The molecule has 3 N–H and O–H groups in total. The number of phenolic OH excluding ortho intramolecular Hbond substituents is 1. The Morgan fingerprint density at radius 2 is 1.72 bits per heavy atom. The van der Waals surface area contributed by atoms with Crippen LogP contribution in [0.3, 0.4) is 0 Å². The van der Waals surface area contributed by atoms with Crippen molar-refractivity contribution in [2.75, 3.05) is 6.61 Å². The lowest BCUT2D eigenvalue weighted by atomic mass is 9.51. The van der Waals surface area contributed by atoms with Crippen molar-refractivity contribution in [2.45, 2.75) is 103 Å². The molecule has 1 aromatic rings. The van der Waals surface area contributed by atoms with Crippen LogP contribution in [0.4, 0.5) is 0 Å². The second kappa shape index (κ2) is 11.1. The Morgan fingerprint density at radius 3 is 2.36 bits per heavy atom. The van der Waals surface area contributed by atoms with Crippen LogP contribution in [0, 0.1) is 11.8 Å². The molecule has 9 heteroatoms. The fourth-order valence-corrected chi connectivity index (χ4v) is 8.27. The molecular weight excluding hydrogens is 600 g/mol. The maximum absolute atomic E-state index is 14.7. The minimum Gasteiger partial charge on any atom is -0.506 e. The van der Waals surface area contributed by atoms with E-state index in [4.69, 9.17) is 14.2 Å². The number of hydrogen-bond acceptors (Lipinski definition) is 8. The number of carboxylic acids is 1. The number of phenols is 1. The molecule has 0 radical (unpaired) electrons. The Labute approximate surface area is 275 Å². The first-order valence-electron chi connectivity index (χ1n) is 16.3. The van der Waals surface area contributed by atoms with Crippen LogP contribution in [0.15, 0.2) is 52.7 Å². The molecule has 250 valence electrons. The summed E-state index contributed by atoms with van der Waals surface area (Å²) in [5.74, 6) is -2.84. The molecule has 0 aromatic heterocycles. The van der Waals surface area contributed by atoms with Gasteiger partial charge in [-0.1, -0.05) is 35.5 Å². The van der Waals surface area contributed by atoms with Gasteiger partial charge < -0.3 is 29.5 Å². The summed E-state index contributed by atoms with van der Waals surface area (Å²) < 4.78 is 20.5. The average molecular weight is 645 g/mol. The Kier molecular flexibility index (Phi) is 7.76. The number of aliphatic carboxylic acids is 1. The maximum atomic E-state index is 14.7. The number of hydrogen-bond donors (Lipinski definition) is 3. The Morgan fingerprint density at radius 1 is 1.02 bits per heavy atom. The highest BCUT2D eigenvalue weighted by atomic mass is 16.6. The summed E-state index contributed by atoms with van der Waals surface area (Å²) in [5.41, 5.74) is -1.79. The predicted octanol–water partition coefficient (Wildman–Crippen LogP) is 6.21. The van der Waals surface area contributed by atoms with Gasteiger partial charge in [0.25, 0.3) is 0 Å². The maximum Gasteiger partial charge on any atom is 0.333 e. The topological polar surface area (TPSA) is 140 Å². The summed E-state index contributed by atoms with van der Waals surface area (Å²) in [6.45, 7) is 13.0. The van der Waals surface area contributed by atoms with Gasteiger partial charge in [0.15, 0.2) is 22.8 Å². The van der Waals surface area contributed by atoms with Crippen LogP contribution in [0.5, 0.6) is 17.2 Å². The van der Waals surface area contributed by atoms with Gasteiger partial charge in [0.05, 0.1) is 23.3 Å². The predicted molar refractivity (Wildman–Crippen MR) is 176 cm³/mol. The Bertz CT molecular complexity index is 1750. The molecule has 47 heavy (non-hydrogen) atoms. The minimum atomic E-state index is -1.74. The van der Waals surface area contributed by atoms with Gasteiger partial charge in [-0.3, -0.25) is 9.59 Å². The summed E-state index contributed by atoms with van der Waals surface area (Å²) in [7, 11) is 0. The standard InChI is InChI=1S/C38H44O9/c1-20(2)9-8-14-36(7)15-13-24-29(40)28-30(41)26-17-23-18-27-35(5,6)47-37(33(23)42,16-12-22(19-39)34(43)44)38(26,27)46-32(28)25(31(24)45-36)11-10-21(3)4/h9-10,12-13,15,17,23,27,39-40H,8,11,14,16,18-19H2,1-7H3,(H,43,44)/b22-12-/t23-,27-,36+,37+,38+/m1/s1. The van der Waals surface area contributed by atoms with Crippen molar-refractivity contribution in [3.63, 3.8) is 0 Å². The number of aliphatic hydroxyl groups is 1. The molecule has 0 unspecified atom stereocenters. The first kappa shape index (κ1) is 33.0. The molecule has 6 aliphatic rings. The van der Waals surface area contributed by atoms with Gasteiger partial charge in [0.1, 0.15) is 28.4 Å². The van der Waals surface area contributed by atoms with Crippen LogP contribution in [-0.2, 0) is 20.7 Å². The lowest BCUT2D eigenvalue weighted by Crippen LogP contribution is -2.72. The number of Topliss-reactive ketones (excluding diaryl/α,β-unsaturated/α-hetero) is 2. The third-order valence-electron chi connectivity index (χ3n) is 10.5. The van der Waals surface area contributed by atoms with E-state index < -0.39 is 52.6 Å². The lowest BCUT2D eigenvalue weighted by molar-refractivity contribution is -0.171. The lowest BCUT2D eigenvalue weighted by Gasteiger charge is -2.56. The number of benzene rings is 1. The van der Waals surface area contributed by atoms with Crippen molar-refractivity contribution in [3.8, 4) is 17.2 Å². The fourth-order valence-electron chi connectivity index (χ4n) is 8.27. The van der Waals surface area contributed by atoms with Gasteiger partial charge in [-0.15, -0.1) is 0 Å². The molecule has 5 atom stereocenters. The van der Waals surface area contributed by atoms with E-state index in [-0.39, 0.29) is 40.4 Å². The van der Waals surface area contributed by atoms with Crippen LogP contribution in [0.1, 0.15) is 95.6 Å². The number of aromatic hydroxyl groups is 1. The first-order chi connectivity index (χ1) is 22.0. The van der Waals surface area contributed by atoms with Crippen molar-refractivity contribution in [1.82, 2.24) is 0 Å². The highest BCUT2D eigenvalue weighted by Gasteiger charge is 2.81. The van der Waals surface area contributed by atoms with E-state index >= 15 is 0 Å². The SMILES string of the molecule is CC(C)=CCC[C@@]1(C)C=Cc2c(O)c3c(c(CC=C(C)C)c2O1)O[C@@]12C(=C[C@@H]4C[C@@H]1C(C)(C)O[C@@]2(C/C=C(/CO)C(=O)O)C4=O)C3=O. The van der Waals surface area contributed by atoms with Gasteiger partial charge in [-0.25, -0.2) is 4.79 Å². The normalized spacial score (nSPS) is 30.8. The van der Waals surface area contributed by atoms with Crippen molar-refractivity contribution in [3.05, 3.63) is 69.4 Å². The average Bonchev–Trinajstić information content (AvgIpc) is 3.13. The van der Waals surface area contributed by atoms with Gasteiger partial charge in [0, 0.05) is 29.4 Å². The van der Waals surface area contributed by atoms with E-state index in [1.54, 1.807) is 6.08 Å². The quantitative estimate of drug-likeness (QED) is 0.211. The molecule has 1 spiro atoms. The molecule has 3 heterocycles. The zero-order valence-corrected chi connectivity index (χ0v) is 28.2. The second-order valence-corrected chi connectivity index (χ2v) is 14.8. The number of rotatable bonds is 9. The molecule has 9 nitrogen and oxygen atoms in total. The van der Waals surface area contributed by atoms with Crippen LogP contribution in [0.2, 0.25) is 0 Å². The molecule has 2 fully saturated rings. The zero-order valence-electron chi connectivity index (χ0n) is 28.2. The van der Waals surface area contributed by atoms with Crippen LogP contribution in [-0.4, -0.2) is 61.9 Å². The van der Waals surface area contributed by atoms with E-state index in [1.165, 1.54) is 11.6 Å². The number of carbonyl (C=O) groups is 3. The smallest absolute Gasteiger partial charge is 0.333 e. The summed E-state index contributed by atoms with van der Waals surface area (Å²) in [4.78, 5) is 40.9. The molecule has 1 saturated carbocycles. The number of aliphatic hydroxyl groups excluding tert-OH is 1. The highest BCUT2D eigenvalue weighted by molar-refractivity contribution is 6.19. The van der Waals surface area contributed by atoms with Gasteiger partial charge in [-0.2, -0.15) is 0 Å². The Hall–Kier alpha value is -3.95. The van der Waals surface area contributed by atoms with Crippen LogP contribution in [0.25, 0.3) is 6.08 Å². The highest BCUT2D eigenvalue weighted by Crippen LogP contribution is 2.68. The van der Waals surface area contributed by atoms with Crippen molar-refractivity contribution in [1.29, 1.82) is 0 Å². The van der Waals surface area contributed by atoms with Crippen molar-refractivity contribution in [2.24, 2.45) is 11.8 Å². The van der Waals surface area contributed by atoms with E-state index in [9.17, 15) is 29.7 Å². The van der Waals surface area contributed by atoms with Crippen LogP contribution >= 0.6 is 0 Å². The fraction of sp³-hybridized carbons (Fsp3) is 0.500. The van der Waals surface area contributed by atoms with Crippen LogP contribution < -0.4 is 9.47 Å². The molecular formula is C38H44O9. The van der Waals surface area contributed by atoms with E-state index in [0.29, 0.717) is 36.1 Å². The number of allylic oxidation sites excluding steroid dienone is 5. The number of carbonyl (C=O) groups excluding carboxylic acids is 2. The van der Waals surface area contributed by atoms with Crippen molar-refractivity contribution < 1.29 is 43.9 Å². The molecule has 4 bridgehead atoms. The third kappa shape index (κ3) is 4.76. The largest absolute Gasteiger partial charge is 0.506 e. The number of ether oxygens (including phenoxy) is 3. The molecule has 0 amide bonds. The summed E-state index contributed by atoms with van der Waals surface area (Å²) >= 11 is 0. The molecule has 1 saturated heterocycles. The molecule has 3 aliphatic heterocycles. The number of fused-ring (bicyclic) bond motifs is 2. The summed E-state index contributed by atoms with van der Waals surface area (Å²) in [6.07, 6.45) is 12.8. The summed E-state index contributed by atoms with van der Waals surface area (Å²) in [6, 6.07) is 0. The van der Waals surface area contributed by atoms with E-state index in [2.05, 4.69) is 6.08 Å².